The standard InChI is InChI=1S/C13H7Cl3N2/c14-8-1-2-9(11(15)7-8)10-3-4-13(16)18-12(10)5-6-17/h1-4,7H,5H2. The zero-order valence-electron chi connectivity index (χ0n) is 9.12. The maximum Gasteiger partial charge on any atom is 0.129 e. The molecule has 0 atom stereocenters. The van der Waals surface area contributed by atoms with Crippen molar-refractivity contribution in [1.82, 2.24) is 4.98 Å². The molecular formula is C13H7Cl3N2. The van der Waals surface area contributed by atoms with Gasteiger partial charge in [0.2, 0.25) is 0 Å². The lowest BCUT2D eigenvalue weighted by Crippen LogP contribution is -1.94. The molecule has 0 bridgehead atoms. The molecule has 0 amide bonds. The number of aromatic nitrogens is 1. The van der Waals surface area contributed by atoms with Crippen molar-refractivity contribution in [3.05, 3.63) is 51.2 Å². The molecule has 1 heterocycles. The van der Waals surface area contributed by atoms with Crippen LogP contribution in [0, 0.1) is 11.3 Å². The summed E-state index contributed by atoms with van der Waals surface area (Å²) in [7, 11) is 0. The molecule has 1 aromatic carbocycles. The smallest absolute Gasteiger partial charge is 0.129 e. The molecule has 0 aliphatic rings. The van der Waals surface area contributed by atoms with E-state index in [0.29, 0.717) is 20.9 Å². The highest BCUT2D eigenvalue weighted by Gasteiger charge is 2.11. The summed E-state index contributed by atoms with van der Waals surface area (Å²) < 4.78 is 0. The number of hydrogen-bond acceptors (Lipinski definition) is 2. The summed E-state index contributed by atoms with van der Waals surface area (Å²) in [6, 6.07) is 10.7. The Morgan fingerprint density at radius 2 is 1.78 bits per heavy atom. The second-order valence-electron chi connectivity index (χ2n) is 3.59. The minimum Gasteiger partial charge on any atom is -0.239 e. The number of halogens is 3. The van der Waals surface area contributed by atoms with Crippen LogP contribution in [0.1, 0.15) is 5.69 Å². The van der Waals surface area contributed by atoms with Gasteiger partial charge in [-0.2, -0.15) is 5.26 Å². The second kappa shape index (κ2) is 5.58. The quantitative estimate of drug-likeness (QED) is 0.748. The van der Waals surface area contributed by atoms with Crippen molar-refractivity contribution >= 4 is 34.8 Å². The Labute approximate surface area is 120 Å². The molecule has 2 aromatic rings. The van der Waals surface area contributed by atoms with Crippen LogP contribution in [0.5, 0.6) is 0 Å². The van der Waals surface area contributed by atoms with Gasteiger partial charge in [-0.3, -0.25) is 0 Å². The predicted molar refractivity (Wildman–Crippen MR) is 74.0 cm³/mol. The molecule has 0 aliphatic carbocycles. The molecule has 0 radical (unpaired) electrons. The Morgan fingerprint density at radius 1 is 1.06 bits per heavy atom. The van der Waals surface area contributed by atoms with E-state index in [-0.39, 0.29) is 6.42 Å². The van der Waals surface area contributed by atoms with Crippen LogP contribution in [0.2, 0.25) is 15.2 Å². The number of pyridine rings is 1. The van der Waals surface area contributed by atoms with Gasteiger partial charge in [-0.25, -0.2) is 4.98 Å². The van der Waals surface area contributed by atoms with E-state index in [1.54, 1.807) is 30.3 Å². The molecule has 2 nitrogen and oxygen atoms in total. The lowest BCUT2D eigenvalue weighted by atomic mass is 10.0. The van der Waals surface area contributed by atoms with Gasteiger partial charge >= 0.3 is 0 Å². The van der Waals surface area contributed by atoms with Gasteiger partial charge in [-0.1, -0.05) is 40.9 Å². The van der Waals surface area contributed by atoms with Gasteiger partial charge in [0.05, 0.1) is 18.2 Å². The van der Waals surface area contributed by atoms with Crippen molar-refractivity contribution in [2.24, 2.45) is 0 Å². The van der Waals surface area contributed by atoms with Crippen LogP contribution in [0.4, 0.5) is 0 Å². The van der Waals surface area contributed by atoms with Crippen LogP contribution >= 0.6 is 34.8 Å². The fraction of sp³-hybridized carbons (Fsp3) is 0.0769. The van der Waals surface area contributed by atoms with Gasteiger partial charge in [-0.15, -0.1) is 0 Å². The first-order valence-electron chi connectivity index (χ1n) is 5.09. The lowest BCUT2D eigenvalue weighted by molar-refractivity contribution is 1.12. The summed E-state index contributed by atoms with van der Waals surface area (Å²) in [6.07, 6.45) is 0.175. The van der Waals surface area contributed by atoms with Gasteiger partial charge < -0.3 is 0 Å². The minimum atomic E-state index is 0.175. The van der Waals surface area contributed by atoms with E-state index in [2.05, 4.69) is 11.1 Å². The number of nitriles is 1. The van der Waals surface area contributed by atoms with E-state index in [0.717, 1.165) is 11.1 Å². The molecule has 0 saturated carbocycles. The molecule has 0 N–H and O–H groups in total. The van der Waals surface area contributed by atoms with Crippen molar-refractivity contribution in [1.29, 1.82) is 5.26 Å². The second-order valence-corrected chi connectivity index (χ2v) is 4.82. The molecule has 90 valence electrons. The summed E-state index contributed by atoms with van der Waals surface area (Å²) in [4.78, 5) is 4.15. The summed E-state index contributed by atoms with van der Waals surface area (Å²) in [5, 5.41) is 10.2. The monoisotopic (exact) mass is 296 g/mol. The summed E-state index contributed by atoms with van der Waals surface area (Å²) in [5.41, 5.74) is 2.19. The van der Waals surface area contributed by atoms with Gasteiger partial charge in [0.25, 0.3) is 0 Å². The van der Waals surface area contributed by atoms with Gasteiger partial charge in [0.1, 0.15) is 5.15 Å². The zero-order chi connectivity index (χ0) is 13.1. The number of rotatable bonds is 2. The van der Waals surface area contributed by atoms with Crippen LogP contribution in [-0.2, 0) is 6.42 Å². The Bertz CT molecular complexity index is 633. The van der Waals surface area contributed by atoms with E-state index in [1.165, 1.54) is 0 Å². The fourth-order valence-electron chi connectivity index (χ4n) is 1.64. The number of nitrogens with zero attached hydrogens (tertiary/aromatic N) is 2. The van der Waals surface area contributed by atoms with Crippen molar-refractivity contribution in [3.63, 3.8) is 0 Å². The molecule has 0 spiro atoms. The number of hydrogen-bond donors (Lipinski definition) is 0. The van der Waals surface area contributed by atoms with Crippen molar-refractivity contribution in [2.75, 3.05) is 0 Å². The third-order valence-corrected chi connectivity index (χ3v) is 3.17. The van der Waals surface area contributed by atoms with Gasteiger partial charge in [-0.05, 0) is 24.3 Å². The average molecular weight is 298 g/mol. The SMILES string of the molecule is N#CCc1nc(Cl)ccc1-c1ccc(Cl)cc1Cl. The Balaban J connectivity index is 2.60. The van der Waals surface area contributed by atoms with Crippen molar-refractivity contribution < 1.29 is 0 Å². The molecule has 0 fully saturated rings. The van der Waals surface area contributed by atoms with E-state index in [9.17, 15) is 0 Å². The Hall–Kier alpha value is -1.27. The molecule has 1 aromatic heterocycles. The fourth-order valence-corrected chi connectivity index (χ4v) is 2.31. The largest absolute Gasteiger partial charge is 0.239 e. The highest BCUT2D eigenvalue weighted by molar-refractivity contribution is 6.36. The molecule has 18 heavy (non-hydrogen) atoms. The molecule has 5 heteroatoms. The van der Waals surface area contributed by atoms with Crippen LogP contribution in [0.3, 0.4) is 0 Å². The van der Waals surface area contributed by atoms with Crippen LogP contribution in [-0.4, -0.2) is 4.98 Å². The van der Waals surface area contributed by atoms with E-state index in [1.807, 2.05) is 0 Å². The maximum atomic E-state index is 8.81. The predicted octanol–water partition coefficient (Wildman–Crippen LogP) is 4.77. The Morgan fingerprint density at radius 3 is 2.44 bits per heavy atom. The highest BCUT2D eigenvalue weighted by Crippen LogP contribution is 2.32. The van der Waals surface area contributed by atoms with Crippen LogP contribution in [0.25, 0.3) is 11.1 Å². The molecular weight excluding hydrogens is 291 g/mol. The third kappa shape index (κ3) is 2.76. The first-order valence-corrected chi connectivity index (χ1v) is 6.23. The van der Waals surface area contributed by atoms with Crippen LogP contribution < -0.4 is 0 Å². The zero-order valence-corrected chi connectivity index (χ0v) is 11.4. The maximum absolute atomic E-state index is 8.81. The molecule has 0 unspecified atom stereocenters. The first-order chi connectivity index (χ1) is 8.61. The summed E-state index contributed by atoms with van der Waals surface area (Å²) >= 11 is 17.8. The molecule has 2 rings (SSSR count). The van der Waals surface area contributed by atoms with Gasteiger partial charge in [0.15, 0.2) is 0 Å². The van der Waals surface area contributed by atoms with Crippen molar-refractivity contribution in [3.8, 4) is 17.2 Å². The van der Waals surface area contributed by atoms with E-state index < -0.39 is 0 Å². The summed E-state index contributed by atoms with van der Waals surface area (Å²) in [6.45, 7) is 0. The topological polar surface area (TPSA) is 36.7 Å². The number of benzene rings is 1. The highest BCUT2D eigenvalue weighted by atomic mass is 35.5. The van der Waals surface area contributed by atoms with Crippen molar-refractivity contribution in [2.45, 2.75) is 6.42 Å². The normalized spacial score (nSPS) is 10.1. The van der Waals surface area contributed by atoms with Gasteiger partial charge in [0, 0.05) is 21.2 Å². The van der Waals surface area contributed by atoms with E-state index in [4.69, 9.17) is 40.1 Å². The average Bonchev–Trinajstić information content (AvgIpc) is 2.31. The summed E-state index contributed by atoms with van der Waals surface area (Å²) in [5.74, 6) is 0. The minimum absolute atomic E-state index is 0.175. The Kier molecular flexibility index (Phi) is 4.08. The van der Waals surface area contributed by atoms with E-state index >= 15 is 0 Å². The molecule has 0 saturated heterocycles. The molecule has 0 aliphatic heterocycles. The van der Waals surface area contributed by atoms with Crippen LogP contribution in [0.15, 0.2) is 30.3 Å². The lowest BCUT2D eigenvalue weighted by Gasteiger charge is -2.09. The third-order valence-electron chi connectivity index (χ3n) is 2.41. The first kappa shape index (κ1) is 13.2.